The van der Waals surface area contributed by atoms with Crippen molar-refractivity contribution in [3.05, 3.63) is 247 Å². The van der Waals surface area contributed by atoms with E-state index in [0.29, 0.717) is 0 Å². The standard InChI is InChI=1S/C63H55N/c1-46-16-6-2-13-23-60(55-30-26-50(27-31-55)47-17-7-3-8-18-47)61-24-14-15-25-62(61)63(46)56-32-28-51(29-33-56)54-38-44-59(45-39-54)64(57-40-34-52(35-41-57)48-19-9-4-10-20-48)58-42-36-53(37-43-58)49-21-11-5-12-22-49/h3-5,7-12,17-22,26-45H,1-2,6,13-16,23-25H2/b61-60+,63-62+. The fraction of sp³-hybridized carbons (Fsp3) is 0.143. The van der Waals surface area contributed by atoms with Crippen molar-refractivity contribution in [2.24, 2.45) is 0 Å². The fourth-order valence-electron chi connectivity index (χ4n) is 9.96. The molecule has 2 aliphatic rings. The van der Waals surface area contributed by atoms with Crippen LogP contribution in [0.1, 0.15) is 68.9 Å². The van der Waals surface area contributed by atoms with Crippen LogP contribution in [0.3, 0.4) is 0 Å². The van der Waals surface area contributed by atoms with Crippen molar-refractivity contribution in [1.29, 1.82) is 0 Å². The van der Waals surface area contributed by atoms with E-state index >= 15 is 0 Å². The summed E-state index contributed by atoms with van der Waals surface area (Å²) in [4.78, 5) is 2.36. The van der Waals surface area contributed by atoms with E-state index in [2.05, 4.69) is 217 Å². The third-order valence-electron chi connectivity index (χ3n) is 13.3. The van der Waals surface area contributed by atoms with E-state index in [4.69, 9.17) is 6.58 Å². The molecule has 0 atom stereocenters. The maximum absolute atomic E-state index is 4.79. The van der Waals surface area contributed by atoms with Gasteiger partial charge in [-0.05, 0) is 171 Å². The molecule has 10 rings (SSSR count). The minimum absolute atomic E-state index is 1.05. The van der Waals surface area contributed by atoms with Crippen molar-refractivity contribution >= 4 is 28.2 Å². The van der Waals surface area contributed by atoms with Gasteiger partial charge >= 0.3 is 0 Å². The summed E-state index contributed by atoms with van der Waals surface area (Å²) in [6.45, 7) is 4.79. The minimum atomic E-state index is 1.05. The molecule has 2 aliphatic carbocycles. The van der Waals surface area contributed by atoms with Crippen LogP contribution in [0, 0.1) is 0 Å². The average Bonchev–Trinajstić information content (AvgIpc) is 3.37. The first-order valence-electron chi connectivity index (χ1n) is 23.3. The van der Waals surface area contributed by atoms with Crippen LogP contribution in [-0.4, -0.2) is 0 Å². The van der Waals surface area contributed by atoms with Gasteiger partial charge in [-0.3, -0.25) is 0 Å². The van der Waals surface area contributed by atoms with E-state index in [0.717, 1.165) is 42.7 Å². The van der Waals surface area contributed by atoms with Crippen molar-refractivity contribution in [2.45, 2.75) is 57.8 Å². The summed E-state index contributed by atoms with van der Waals surface area (Å²) in [5, 5.41) is 0. The summed E-state index contributed by atoms with van der Waals surface area (Å²) in [7, 11) is 0. The van der Waals surface area contributed by atoms with E-state index in [1.807, 2.05) is 0 Å². The highest BCUT2D eigenvalue weighted by atomic mass is 15.1. The number of rotatable bonds is 9. The summed E-state index contributed by atoms with van der Waals surface area (Å²) in [5.41, 5.74) is 23.2. The SMILES string of the molecule is C=C1CCCCC/C(c2ccc(-c3ccccc3)cc2)=C2/CCCC/C2=C/1c1ccc(-c2ccc(N(c3ccc(-c4ccccc4)cc3)c3ccc(-c4ccccc4)cc3)cc2)cc1. The molecule has 0 radical (unpaired) electrons. The van der Waals surface area contributed by atoms with Gasteiger partial charge in [0.05, 0.1) is 0 Å². The Balaban J connectivity index is 0.969. The zero-order valence-electron chi connectivity index (χ0n) is 36.7. The highest BCUT2D eigenvalue weighted by Crippen LogP contribution is 2.45. The van der Waals surface area contributed by atoms with E-state index in [9.17, 15) is 0 Å². The summed E-state index contributed by atoms with van der Waals surface area (Å²) in [6, 6.07) is 77.6. The zero-order valence-corrected chi connectivity index (χ0v) is 36.7. The second-order valence-corrected chi connectivity index (χ2v) is 17.4. The fourth-order valence-corrected chi connectivity index (χ4v) is 9.96. The van der Waals surface area contributed by atoms with Gasteiger partial charge in [-0.15, -0.1) is 0 Å². The Morgan fingerprint density at radius 3 is 0.969 bits per heavy atom. The van der Waals surface area contributed by atoms with Gasteiger partial charge in [-0.25, -0.2) is 0 Å². The number of nitrogens with zero attached hydrogens (tertiary/aromatic N) is 1. The largest absolute Gasteiger partial charge is 0.311 e. The van der Waals surface area contributed by atoms with Gasteiger partial charge in [-0.1, -0.05) is 189 Å². The molecule has 0 aromatic heterocycles. The minimum Gasteiger partial charge on any atom is -0.311 e. The molecule has 0 aliphatic heterocycles. The van der Waals surface area contributed by atoms with Gasteiger partial charge in [0.1, 0.15) is 0 Å². The van der Waals surface area contributed by atoms with Crippen LogP contribution in [0.2, 0.25) is 0 Å². The van der Waals surface area contributed by atoms with Crippen LogP contribution in [0.4, 0.5) is 17.1 Å². The molecule has 1 saturated carbocycles. The van der Waals surface area contributed by atoms with Gasteiger partial charge in [0.15, 0.2) is 0 Å². The van der Waals surface area contributed by atoms with Crippen LogP contribution >= 0.6 is 0 Å². The molecule has 1 heteroatoms. The molecule has 0 heterocycles. The Labute approximate surface area is 380 Å². The van der Waals surface area contributed by atoms with Gasteiger partial charge in [0, 0.05) is 17.1 Å². The van der Waals surface area contributed by atoms with Gasteiger partial charge in [-0.2, -0.15) is 0 Å². The van der Waals surface area contributed by atoms with Crippen molar-refractivity contribution in [3.63, 3.8) is 0 Å². The topological polar surface area (TPSA) is 3.24 Å². The number of allylic oxidation sites excluding steroid dienone is 5. The van der Waals surface area contributed by atoms with E-state index in [1.165, 1.54) is 104 Å². The smallest absolute Gasteiger partial charge is 0.0462 e. The summed E-state index contributed by atoms with van der Waals surface area (Å²) in [6.07, 6.45) is 10.5. The van der Waals surface area contributed by atoms with Gasteiger partial charge in [0.2, 0.25) is 0 Å². The monoisotopic (exact) mass is 825 g/mol. The Hall–Kier alpha value is -7.22. The molecule has 0 unspecified atom stereocenters. The van der Waals surface area contributed by atoms with Gasteiger partial charge in [0.25, 0.3) is 0 Å². The predicted octanol–water partition coefficient (Wildman–Crippen LogP) is 18.1. The first kappa shape index (κ1) is 40.8. The number of anilines is 3. The van der Waals surface area contributed by atoms with Crippen molar-refractivity contribution in [1.82, 2.24) is 0 Å². The van der Waals surface area contributed by atoms with E-state index in [1.54, 1.807) is 11.1 Å². The highest BCUT2D eigenvalue weighted by Gasteiger charge is 2.24. The highest BCUT2D eigenvalue weighted by molar-refractivity contribution is 5.89. The maximum Gasteiger partial charge on any atom is 0.0462 e. The lowest BCUT2D eigenvalue weighted by Gasteiger charge is -2.28. The molecular formula is C63H55N. The molecular weight excluding hydrogens is 771 g/mol. The molecule has 312 valence electrons. The van der Waals surface area contributed by atoms with E-state index in [-0.39, 0.29) is 0 Å². The Bertz CT molecular complexity index is 2800. The Morgan fingerprint density at radius 1 is 0.250 bits per heavy atom. The van der Waals surface area contributed by atoms with Crippen molar-refractivity contribution < 1.29 is 0 Å². The van der Waals surface area contributed by atoms with E-state index < -0.39 is 0 Å². The van der Waals surface area contributed by atoms with Crippen LogP contribution in [0.15, 0.2) is 236 Å². The van der Waals surface area contributed by atoms with Crippen molar-refractivity contribution in [3.8, 4) is 44.5 Å². The van der Waals surface area contributed by atoms with Gasteiger partial charge < -0.3 is 4.90 Å². The number of hydrogen-bond donors (Lipinski definition) is 0. The van der Waals surface area contributed by atoms with Crippen LogP contribution < -0.4 is 4.90 Å². The maximum atomic E-state index is 4.79. The lowest BCUT2D eigenvalue weighted by molar-refractivity contribution is 0.662. The molecule has 0 N–H and O–H groups in total. The average molecular weight is 826 g/mol. The zero-order chi connectivity index (χ0) is 43.1. The summed E-state index contributed by atoms with van der Waals surface area (Å²) < 4.78 is 0. The molecule has 8 aromatic rings. The van der Waals surface area contributed by atoms with Crippen LogP contribution in [0.5, 0.6) is 0 Å². The molecule has 0 bridgehead atoms. The molecule has 64 heavy (non-hydrogen) atoms. The lowest BCUT2D eigenvalue weighted by atomic mass is 9.76. The first-order chi connectivity index (χ1) is 31.7. The number of benzene rings is 8. The summed E-state index contributed by atoms with van der Waals surface area (Å²) in [5.74, 6) is 0. The van der Waals surface area contributed by atoms with Crippen LogP contribution in [0.25, 0.3) is 55.7 Å². The quantitative estimate of drug-likeness (QED) is 0.140. The third-order valence-corrected chi connectivity index (χ3v) is 13.3. The molecule has 1 fully saturated rings. The first-order valence-corrected chi connectivity index (χ1v) is 23.3. The molecule has 0 amide bonds. The second-order valence-electron chi connectivity index (χ2n) is 17.4. The second kappa shape index (κ2) is 19.0. The molecule has 1 nitrogen and oxygen atoms in total. The molecule has 8 aromatic carbocycles. The normalized spacial score (nSPS) is 16.8. The predicted molar refractivity (Wildman–Crippen MR) is 274 cm³/mol. The lowest BCUT2D eigenvalue weighted by Crippen LogP contribution is -2.09. The molecule has 0 saturated heterocycles. The van der Waals surface area contributed by atoms with Crippen molar-refractivity contribution in [2.75, 3.05) is 4.90 Å². The summed E-state index contributed by atoms with van der Waals surface area (Å²) >= 11 is 0. The molecule has 0 spiro atoms. The Kier molecular flexibility index (Phi) is 12.1. The Morgan fingerprint density at radius 2 is 0.547 bits per heavy atom. The third kappa shape index (κ3) is 8.85. The number of fused-ring (bicyclic) bond motifs is 1. The van der Waals surface area contributed by atoms with Crippen LogP contribution in [-0.2, 0) is 0 Å². The number of hydrogen-bond acceptors (Lipinski definition) is 1.